The van der Waals surface area contributed by atoms with Crippen LogP contribution in [0.3, 0.4) is 0 Å². The van der Waals surface area contributed by atoms with E-state index in [1.54, 1.807) is 6.07 Å². The van der Waals surface area contributed by atoms with Gasteiger partial charge in [0.25, 0.3) is 0 Å². The monoisotopic (exact) mass is 395 g/mol. The smallest absolute Gasteiger partial charge is 0.115 e. The molecule has 7 N–H and O–H groups in total. The molecule has 0 saturated heterocycles. The van der Waals surface area contributed by atoms with Crippen LogP contribution in [0.25, 0.3) is 0 Å². The van der Waals surface area contributed by atoms with Gasteiger partial charge in [-0.15, -0.1) is 0 Å². The minimum absolute atomic E-state index is 0.376. The number of rotatable bonds is 2. The van der Waals surface area contributed by atoms with E-state index in [0.29, 0.717) is 17.7 Å². The summed E-state index contributed by atoms with van der Waals surface area (Å²) in [6.07, 6.45) is 10.6. The molecular formula is C25H37N3O. The number of hydrogen-bond donors (Lipinski definition) is 4. The Labute approximate surface area is 175 Å². The van der Waals surface area contributed by atoms with E-state index in [2.05, 4.69) is 12.1 Å². The molecule has 0 heterocycles. The van der Waals surface area contributed by atoms with Crippen molar-refractivity contribution in [3.63, 3.8) is 0 Å². The van der Waals surface area contributed by atoms with Crippen molar-refractivity contribution in [3.8, 4) is 5.75 Å². The Morgan fingerprint density at radius 1 is 0.724 bits per heavy atom. The molecule has 4 heteroatoms. The average molecular weight is 396 g/mol. The Balaban J connectivity index is 0.000000224. The highest BCUT2D eigenvalue weighted by molar-refractivity contribution is 5.53. The lowest BCUT2D eigenvalue weighted by molar-refractivity contribution is 0.177. The maximum atomic E-state index is 9.38. The van der Waals surface area contributed by atoms with E-state index < -0.39 is 0 Å². The van der Waals surface area contributed by atoms with Gasteiger partial charge in [0.2, 0.25) is 0 Å². The Bertz CT molecular complexity index is 708. The van der Waals surface area contributed by atoms with Crippen LogP contribution in [0.15, 0.2) is 42.5 Å². The lowest BCUT2D eigenvalue weighted by Crippen LogP contribution is -2.31. The minimum Gasteiger partial charge on any atom is -0.508 e. The SMILES string of the molecule is Cc1cc(N)cc(N)c1.NC1CCC(C2CCC(c3ccc(O)cc3)CC2)CC1. The molecule has 0 bridgehead atoms. The Morgan fingerprint density at radius 3 is 1.69 bits per heavy atom. The first-order valence-corrected chi connectivity index (χ1v) is 11.1. The van der Waals surface area contributed by atoms with Gasteiger partial charge >= 0.3 is 0 Å². The number of benzene rings is 2. The molecule has 29 heavy (non-hydrogen) atoms. The molecule has 4 rings (SSSR count). The van der Waals surface area contributed by atoms with E-state index in [-0.39, 0.29) is 0 Å². The highest BCUT2D eigenvalue weighted by Gasteiger charge is 2.30. The fourth-order valence-electron chi connectivity index (χ4n) is 5.13. The van der Waals surface area contributed by atoms with Crippen LogP contribution in [0, 0.1) is 18.8 Å². The van der Waals surface area contributed by atoms with Crippen LogP contribution in [-0.2, 0) is 0 Å². The molecule has 2 fully saturated rings. The molecule has 4 nitrogen and oxygen atoms in total. The van der Waals surface area contributed by atoms with Gasteiger partial charge in [-0.3, -0.25) is 0 Å². The normalized spacial score (nSPS) is 27.0. The van der Waals surface area contributed by atoms with Crippen molar-refractivity contribution in [2.24, 2.45) is 17.6 Å². The number of anilines is 2. The minimum atomic E-state index is 0.376. The first-order valence-electron chi connectivity index (χ1n) is 11.1. The fraction of sp³-hybridized carbons (Fsp3) is 0.520. The number of phenols is 1. The summed E-state index contributed by atoms with van der Waals surface area (Å²) >= 11 is 0. The van der Waals surface area contributed by atoms with Gasteiger partial charge in [0.15, 0.2) is 0 Å². The Kier molecular flexibility index (Phi) is 7.43. The first-order chi connectivity index (χ1) is 13.9. The Hall–Kier alpha value is -2.20. The zero-order valence-electron chi connectivity index (χ0n) is 17.7. The molecule has 158 valence electrons. The topological polar surface area (TPSA) is 98.3 Å². The van der Waals surface area contributed by atoms with Crippen molar-refractivity contribution in [3.05, 3.63) is 53.6 Å². The molecule has 0 unspecified atom stereocenters. The van der Waals surface area contributed by atoms with Crippen molar-refractivity contribution in [1.82, 2.24) is 0 Å². The number of phenolic OH excluding ortho intramolecular Hbond substituents is 1. The summed E-state index contributed by atoms with van der Waals surface area (Å²) in [5.74, 6) is 2.96. The molecule has 2 aromatic carbocycles. The molecule has 0 amide bonds. The molecule has 0 spiro atoms. The number of aryl methyl sites for hydroxylation is 1. The van der Waals surface area contributed by atoms with E-state index in [4.69, 9.17) is 17.2 Å². The first kappa shape index (κ1) is 21.5. The fourth-order valence-corrected chi connectivity index (χ4v) is 5.13. The maximum absolute atomic E-state index is 9.38. The van der Waals surface area contributed by atoms with Crippen LogP contribution in [-0.4, -0.2) is 11.1 Å². The van der Waals surface area contributed by atoms with Crippen molar-refractivity contribution in [2.75, 3.05) is 11.5 Å². The van der Waals surface area contributed by atoms with Crippen molar-refractivity contribution >= 4 is 11.4 Å². The number of nitrogens with two attached hydrogens (primary N) is 3. The van der Waals surface area contributed by atoms with E-state index in [1.807, 2.05) is 31.2 Å². The predicted octanol–water partition coefficient (Wildman–Crippen LogP) is 5.34. The van der Waals surface area contributed by atoms with Crippen molar-refractivity contribution in [1.29, 1.82) is 0 Å². The highest BCUT2D eigenvalue weighted by atomic mass is 16.3. The van der Waals surface area contributed by atoms with Gasteiger partial charge in [-0.25, -0.2) is 0 Å². The van der Waals surface area contributed by atoms with Crippen LogP contribution >= 0.6 is 0 Å². The van der Waals surface area contributed by atoms with Crippen LogP contribution in [0.2, 0.25) is 0 Å². The number of hydrogen-bond acceptors (Lipinski definition) is 4. The van der Waals surface area contributed by atoms with Gasteiger partial charge in [-0.05, 0) is 118 Å². The standard InChI is InChI=1S/C18H27NO.C7H10N2/c19-17-9-5-15(6-10-17)13-1-3-14(4-2-13)16-7-11-18(20)12-8-16;1-5-2-6(8)4-7(9)3-5/h7-8,11-15,17,20H,1-6,9-10,19H2;2-4H,8-9H2,1H3. The number of aromatic hydroxyl groups is 1. The van der Waals surface area contributed by atoms with E-state index in [0.717, 1.165) is 28.8 Å². The zero-order valence-corrected chi connectivity index (χ0v) is 17.7. The van der Waals surface area contributed by atoms with Crippen molar-refractivity contribution in [2.45, 2.75) is 70.3 Å². The second-order valence-electron chi connectivity index (χ2n) is 9.06. The van der Waals surface area contributed by atoms with Gasteiger partial charge in [-0.1, -0.05) is 12.1 Å². The third kappa shape index (κ3) is 6.40. The molecule has 0 atom stereocenters. The maximum Gasteiger partial charge on any atom is 0.115 e. The average Bonchev–Trinajstić information content (AvgIpc) is 2.69. The lowest BCUT2D eigenvalue weighted by Gasteiger charge is -2.37. The van der Waals surface area contributed by atoms with Crippen molar-refractivity contribution < 1.29 is 5.11 Å². The predicted molar refractivity (Wildman–Crippen MR) is 123 cm³/mol. The second-order valence-corrected chi connectivity index (χ2v) is 9.06. The second kappa shape index (κ2) is 10.0. The molecule has 2 saturated carbocycles. The van der Waals surface area contributed by atoms with Crippen LogP contribution in [0.5, 0.6) is 5.75 Å². The molecule has 0 aromatic heterocycles. The van der Waals surface area contributed by atoms with Gasteiger partial charge < -0.3 is 22.3 Å². The van der Waals surface area contributed by atoms with Gasteiger partial charge in [-0.2, -0.15) is 0 Å². The van der Waals surface area contributed by atoms with Gasteiger partial charge in [0.05, 0.1) is 0 Å². The summed E-state index contributed by atoms with van der Waals surface area (Å²) in [6, 6.07) is 13.8. The molecule has 2 aliphatic carbocycles. The van der Waals surface area contributed by atoms with E-state index in [1.165, 1.54) is 56.9 Å². The molecule has 2 aromatic rings. The quantitative estimate of drug-likeness (QED) is 0.516. The summed E-state index contributed by atoms with van der Waals surface area (Å²) in [7, 11) is 0. The molecule has 0 aliphatic heterocycles. The highest BCUT2D eigenvalue weighted by Crippen LogP contribution is 2.42. The summed E-state index contributed by atoms with van der Waals surface area (Å²) < 4.78 is 0. The Morgan fingerprint density at radius 2 is 1.21 bits per heavy atom. The van der Waals surface area contributed by atoms with Crippen LogP contribution in [0.1, 0.15) is 68.4 Å². The summed E-state index contributed by atoms with van der Waals surface area (Å²) in [5, 5.41) is 9.38. The summed E-state index contributed by atoms with van der Waals surface area (Å²) in [4.78, 5) is 0. The number of nitrogen functional groups attached to an aromatic ring is 2. The third-order valence-electron chi connectivity index (χ3n) is 6.74. The molecule has 2 aliphatic rings. The molecular weight excluding hydrogens is 358 g/mol. The van der Waals surface area contributed by atoms with Gasteiger partial charge in [0, 0.05) is 17.4 Å². The van der Waals surface area contributed by atoms with E-state index in [9.17, 15) is 5.11 Å². The largest absolute Gasteiger partial charge is 0.508 e. The van der Waals surface area contributed by atoms with Crippen LogP contribution < -0.4 is 17.2 Å². The summed E-state index contributed by atoms with van der Waals surface area (Å²) in [6.45, 7) is 1.96. The van der Waals surface area contributed by atoms with Crippen LogP contribution in [0.4, 0.5) is 11.4 Å². The van der Waals surface area contributed by atoms with E-state index >= 15 is 0 Å². The molecule has 0 radical (unpaired) electrons. The summed E-state index contributed by atoms with van der Waals surface area (Å²) in [5.41, 5.74) is 20.9. The van der Waals surface area contributed by atoms with Gasteiger partial charge in [0.1, 0.15) is 5.75 Å². The lowest BCUT2D eigenvalue weighted by atomic mass is 9.69. The third-order valence-corrected chi connectivity index (χ3v) is 6.74. The zero-order chi connectivity index (χ0) is 20.8.